The third-order valence-corrected chi connectivity index (χ3v) is 4.57. The number of rotatable bonds is 5. The van der Waals surface area contributed by atoms with Crippen LogP contribution in [0.1, 0.15) is 18.5 Å². The number of ether oxygens (including phenoxy) is 1. The van der Waals surface area contributed by atoms with Crippen molar-refractivity contribution in [3.05, 3.63) is 23.9 Å². The molecule has 2 N–H and O–H groups in total. The second-order valence-corrected chi connectivity index (χ2v) is 6.02. The Balaban J connectivity index is 1.77. The molecule has 0 aromatic carbocycles. The van der Waals surface area contributed by atoms with E-state index in [1.807, 2.05) is 30.0 Å². The van der Waals surface area contributed by atoms with Gasteiger partial charge < -0.3 is 15.4 Å². The summed E-state index contributed by atoms with van der Waals surface area (Å²) in [6, 6.07) is 5.75. The van der Waals surface area contributed by atoms with Crippen LogP contribution in [0.2, 0.25) is 0 Å². The minimum Gasteiger partial charge on any atom is -0.481 e. The average molecular weight is 294 g/mol. The third-order valence-electron chi connectivity index (χ3n) is 3.17. The number of hydrogen-bond acceptors (Lipinski definition) is 4. The van der Waals surface area contributed by atoms with Crippen molar-refractivity contribution in [2.45, 2.75) is 24.6 Å². The molecule has 0 radical (unpaired) electrons. The van der Waals surface area contributed by atoms with Gasteiger partial charge in [-0.25, -0.2) is 4.98 Å². The fraction of sp³-hybridized carbons (Fsp3) is 0.571. The molecular weight excluding hydrogens is 272 g/mol. The molecule has 20 heavy (non-hydrogen) atoms. The summed E-state index contributed by atoms with van der Waals surface area (Å²) < 4.78 is 5.12. The smallest absolute Gasteiger partial charge is 0.213 e. The first-order valence-corrected chi connectivity index (χ1v) is 7.92. The number of nitrogens with zero attached hydrogens (tertiary/aromatic N) is 2. The van der Waals surface area contributed by atoms with Crippen LogP contribution >= 0.6 is 11.8 Å². The van der Waals surface area contributed by atoms with E-state index in [4.69, 9.17) is 4.74 Å². The van der Waals surface area contributed by atoms with Crippen molar-refractivity contribution >= 4 is 17.7 Å². The number of thioether (sulfide) groups is 1. The topological polar surface area (TPSA) is 58.5 Å². The van der Waals surface area contributed by atoms with E-state index in [0.717, 1.165) is 18.2 Å². The summed E-state index contributed by atoms with van der Waals surface area (Å²) in [5, 5.41) is 7.35. The Morgan fingerprint density at radius 1 is 1.50 bits per heavy atom. The molecule has 0 saturated carbocycles. The summed E-state index contributed by atoms with van der Waals surface area (Å²) in [6.07, 6.45) is 2.63. The lowest BCUT2D eigenvalue weighted by molar-refractivity contribution is 0.396. The third kappa shape index (κ3) is 4.59. The van der Waals surface area contributed by atoms with Gasteiger partial charge in [0.2, 0.25) is 5.88 Å². The van der Waals surface area contributed by atoms with Crippen LogP contribution in [-0.2, 0) is 6.54 Å². The Morgan fingerprint density at radius 3 is 3.10 bits per heavy atom. The van der Waals surface area contributed by atoms with Crippen LogP contribution in [0.5, 0.6) is 5.88 Å². The van der Waals surface area contributed by atoms with Gasteiger partial charge in [0.25, 0.3) is 0 Å². The van der Waals surface area contributed by atoms with E-state index in [2.05, 4.69) is 20.6 Å². The van der Waals surface area contributed by atoms with Crippen LogP contribution in [0.25, 0.3) is 0 Å². The Morgan fingerprint density at radius 2 is 2.40 bits per heavy atom. The highest BCUT2D eigenvalue weighted by Crippen LogP contribution is 2.25. The van der Waals surface area contributed by atoms with Crippen molar-refractivity contribution in [2.75, 3.05) is 26.5 Å². The van der Waals surface area contributed by atoms with E-state index in [1.54, 1.807) is 14.2 Å². The summed E-state index contributed by atoms with van der Waals surface area (Å²) in [6.45, 7) is 1.60. The fourth-order valence-electron chi connectivity index (χ4n) is 2.08. The lowest BCUT2D eigenvalue weighted by Gasteiger charge is -2.14. The molecule has 6 heteroatoms. The molecule has 0 bridgehead atoms. The Hall–Kier alpha value is -1.43. The first-order chi connectivity index (χ1) is 9.81. The van der Waals surface area contributed by atoms with Crippen LogP contribution in [0.3, 0.4) is 0 Å². The molecule has 1 aromatic heterocycles. The zero-order chi connectivity index (χ0) is 14.2. The van der Waals surface area contributed by atoms with E-state index in [1.165, 1.54) is 18.6 Å². The molecule has 1 fully saturated rings. The maximum atomic E-state index is 5.12. The predicted molar refractivity (Wildman–Crippen MR) is 84.5 cm³/mol. The fourth-order valence-corrected chi connectivity index (χ4v) is 3.28. The lowest BCUT2D eigenvalue weighted by Crippen LogP contribution is -2.39. The van der Waals surface area contributed by atoms with E-state index < -0.39 is 0 Å². The van der Waals surface area contributed by atoms with Crippen LogP contribution in [0.15, 0.2) is 23.2 Å². The van der Waals surface area contributed by atoms with Crippen molar-refractivity contribution in [3.63, 3.8) is 0 Å². The maximum Gasteiger partial charge on any atom is 0.213 e. The monoisotopic (exact) mass is 294 g/mol. The summed E-state index contributed by atoms with van der Waals surface area (Å²) in [5.74, 6) is 2.74. The van der Waals surface area contributed by atoms with Crippen LogP contribution in [0.4, 0.5) is 0 Å². The standard InChI is InChI=1S/C14H22N4OS/c1-15-14(17-10-12-6-4-8-20-12)16-9-11-5-3-7-13(18-11)19-2/h3,5,7,12H,4,6,8-10H2,1-2H3,(H2,15,16,17). The molecule has 1 unspecified atom stereocenters. The summed E-state index contributed by atoms with van der Waals surface area (Å²) in [7, 11) is 3.41. The number of methoxy groups -OCH3 is 1. The summed E-state index contributed by atoms with van der Waals surface area (Å²) >= 11 is 2.04. The lowest BCUT2D eigenvalue weighted by atomic mass is 10.2. The number of nitrogens with one attached hydrogen (secondary N) is 2. The molecular formula is C14H22N4OS. The number of pyridine rings is 1. The molecule has 0 spiro atoms. The molecule has 2 rings (SSSR count). The Labute approximate surface area is 124 Å². The minimum absolute atomic E-state index is 0.634. The van der Waals surface area contributed by atoms with Crippen LogP contribution in [0, 0.1) is 0 Å². The number of guanidine groups is 1. The molecule has 0 aliphatic carbocycles. The van der Waals surface area contributed by atoms with Crippen molar-refractivity contribution < 1.29 is 4.74 Å². The molecule has 1 saturated heterocycles. The highest BCUT2D eigenvalue weighted by molar-refractivity contribution is 8.00. The van der Waals surface area contributed by atoms with E-state index in [-0.39, 0.29) is 0 Å². The van der Waals surface area contributed by atoms with Crippen molar-refractivity contribution in [3.8, 4) is 5.88 Å². The second kappa shape index (κ2) is 7.99. The highest BCUT2D eigenvalue weighted by atomic mass is 32.2. The van der Waals surface area contributed by atoms with Gasteiger partial charge in [0.1, 0.15) is 0 Å². The van der Waals surface area contributed by atoms with Gasteiger partial charge in [-0.15, -0.1) is 0 Å². The molecule has 0 amide bonds. The van der Waals surface area contributed by atoms with Gasteiger partial charge in [0, 0.05) is 24.9 Å². The SMILES string of the molecule is CN=C(NCc1cccc(OC)n1)NCC1CCCS1. The van der Waals surface area contributed by atoms with Gasteiger partial charge in [-0.1, -0.05) is 6.07 Å². The number of hydrogen-bond donors (Lipinski definition) is 2. The molecule has 1 aromatic rings. The van der Waals surface area contributed by atoms with Crippen molar-refractivity contribution in [1.29, 1.82) is 0 Å². The molecule has 1 aliphatic rings. The number of aliphatic imine (C=N–C) groups is 1. The summed E-state index contributed by atoms with van der Waals surface area (Å²) in [4.78, 5) is 8.60. The van der Waals surface area contributed by atoms with Crippen LogP contribution in [-0.4, -0.2) is 42.6 Å². The zero-order valence-corrected chi connectivity index (χ0v) is 12.9. The van der Waals surface area contributed by atoms with Gasteiger partial charge in [-0.05, 0) is 24.7 Å². The maximum absolute atomic E-state index is 5.12. The molecule has 110 valence electrons. The number of aromatic nitrogens is 1. The predicted octanol–water partition coefficient (Wildman–Crippen LogP) is 1.65. The minimum atomic E-state index is 0.634. The van der Waals surface area contributed by atoms with E-state index in [9.17, 15) is 0 Å². The largest absolute Gasteiger partial charge is 0.481 e. The Kier molecular flexibility index (Phi) is 5.98. The van der Waals surface area contributed by atoms with Gasteiger partial charge in [0.05, 0.1) is 19.3 Å². The first-order valence-electron chi connectivity index (χ1n) is 6.88. The Bertz CT molecular complexity index is 447. The average Bonchev–Trinajstić information content (AvgIpc) is 3.01. The molecule has 5 nitrogen and oxygen atoms in total. The van der Waals surface area contributed by atoms with Crippen molar-refractivity contribution in [1.82, 2.24) is 15.6 Å². The molecule has 2 heterocycles. The zero-order valence-electron chi connectivity index (χ0n) is 12.1. The van der Waals surface area contributed by atoms with Gasteiger partial charge in [0.15, 0.2) is 5.96 Å². The van der Waals surface area contributed by atoms with Crippen LogP contribution < -0.4 is 15.4 Å². The quantitative estimate of drug-likeness (QED) is 0.639. The highest BCUT2D eigenvalue weighted by Gasteiger charge is 2.15. The molecule has 1 atom stereocenters. The molecule has 1 aliphatic heterocycles. The normalized spacial score (nSPS) is 18.9. The second-order valence-electron chi connectivity index (χ2n) is 4.61. The summed E-state index contributed by atoms with van der Waals surface area (Å²) in [5.41, 5.74) is 0.933. The van der Waals surface area contributed by atoms with E-state index in [0.29, 0.717) is 17.7 Å². The van der Waals surface area contributed by atoms with Gasteiger partial charge >= 0.3 is 0 Å². The van der Waals surface area contributed by atoms with Crippen molar-refractivity contribution in [2.24, 2.45) is 4.99 Å². The van der Waals surface area contributed by atoms with E-state index >= 15 is 0 Å². The first kappa shape index (κ1) is 15.0. The van der Waals surface area contributed by atoms with Gasteiger partial charge in [-0.2, -0.15) is 11.8 Å². The van der Waals surface area contributed by atoms with Gasteiger partial charge in [-0.3, -0.25) is 4.99 Å².